The van der Waals surface area contributed by atoms with Gasteiger partial charge in [0.05, 0.1) is 5.01 Å². The van der Waals surface area contributed by atoms with Gasteiger partial charge in [-0.2, -0.15) is 0 Å². The number of aryl methyl sites for hydroxylation is 1. The van der Waals surface area contributed by atoms with Crippen LogP contribution in [0.4, 0.5) is 0 Å². The van der Waals surface area contributed by atoms with E-state index in [1.165, 1.54) is 11.3 Å². The number of aromatic nitrogens is 1. The molecule has 0 N–H and O–H groups in total. The van der Waals surface area contributed by atoms with Crippen molar-refractivity contribution in [3.63, 3.8) is 0 Å². The third kappa shape index (κ3) is 3.24. The van der Waals surface area contributed by atoms with Gasteiger partial charge < -0.3 is 4.74 Å². The molecular weight excluding hydrogens is 186 g/mol. The molecule has 13 heavy (non-hydrogen) atoms. The van der Waals surface area contributed by atoms with Gasteiger partial charge in [0.2, 0.25) is 5.78 Å². The van der Waals surface area contributed by atoms with E-state index in [-0.39, 0.29) is 12.4 Å². The Balaban J connectivity index is 2.40. The average molecular weight is 199 g/mol. The van der Waals surface area contributed by atoms with E-state index in [9.17, 15) is 4.79 Å². The fourth-order valence-electron chi connectivity index (χ4n) is 0.875. The number of hydrogen-bond donors (Lipinski definition) is 0. The van der Waals surface area contributed by atoms with Gasteiger partial charge in [0.25, 0.3) is 0 Å². The Morgan fingerprint density at radius 2 is 2.46 bits per heavy atom. The Bertz CT molecular complexity index is 283. The predicted octanol–water partition coefficient (Wildman–Crippen LogP) is 2.06. The number of ketones is 1. The van der Waals surface area contributed by atoms with E-state index < -0.39 is 0 Å². The van der Waals surface area contributed by atoms with E-state index in [1.807, 2.05) is 13.8 Å². The first-order valence-corrected chi connectivity index (χ1v) is 5.15. The van der Waals surface area contributed by atoms with Crippen LogP contribution in [0.1, 0.15) is 28.8 Å². The summed E-state index contributed by atoms with van der Waals surface area (Å²) in [6.07, 6.45) is 0.934. The van der Waals surface area contributed by atoms with Crippen molar-refractivity contribution in [2.75, 3.05) is 13.2 Å². The van der Waals surface area contributed by atoms with Crippen LogP contribution >= 0.6 is 11.3 Å². The lowest BCUT2D eigenvalue weighted by atomic mass is 10.3. The summed E-state index contributed by atoms with van der Waals surface area (Å²) < 4.78 is 5.12. The fourth-order valence-corrected chi connectivity index (χ4v) is 1.49. The molecular formula is C9H13NO2S. The highest BCUT2D eigenvalue weighted by molar-refractivity contribution is 7.09. The van der Waals surface area contributed by atoms with E-state index >= 15 is 0 Å². The Labute approximate surface area is 81.8 Å². The Kier molecular flexibility index (Phi) is 4.05. The lowest BCUT2D eigenvalue weighted by Crippen LogP contribution is -2.09. The van der Waals surface area contributed by atoms with Crippen molar-refractivity contribution in [2.45, 2.75) is 20.3 Å². The molecule has 0 aliphatic carbocycles. The van der Waals surface area contributed by atoms with Crippen LogP contribution in [0.2, 0.25) is 0 Å². The number of rotatable bonds is 5. The molecule has 1 aromatic heterocycles. The molecule has 0 aromatic carbocycles. The first kappa shape index (κ1) is 10.3. The highest BCUT2D eigenvalue weighted by atomic mass is 32.1. The summed E-state index contributed by atoms with van der Waals surface area (Å²) >= 11 is 1.48. The van der Waals surface area contributed by atoms with Gasteiger partial charge in [-0.15, -0.1) is 11.3 Å². The zero-order valence-electron chi connectivity index (χ0n) is 7.87. The first-order chi connectivity index (χ1) is 6.24. The number of Topliss-reactive ketones (excluding diaryl/α,β-unsaturated/α-hetero) is 1. The molecule has 0 radical (unpaired) electrons. The Morgan fingerprint density at radius 1 is 1.69 bits per heavy atom. The maximum Gasteiger partial charge on any atom is 0.207 e. The highest BCUT2D eigenvalue weighted by Gasteiger charge is 2.08. The van der Waals surface area contributed by atoms with E-state index in [4.69, 9.17) is 4.74 Å². The van der Waals surface area contributed by atoms with Gasteiger partial charge in [-0.1, -0.05) is 6.92 Å². The Morgan fingerprint density at radius 3 is 3.00 bits per heavy atom. The second kappa shape index (κ2) is 5.09. The molecule has 0 atom stereocenters. The topological polar surface area (TPSA) is 39.2 Å². The van der Waals surface area contributed by atoms with Crippen LogP contribution in [0, 0.1) is 6.92 Å². The molecule has 3 nitrogen and oxygen atoms in total. The van der Waals surface area contributed by atoms with Crippen LogP contribution < -0.4 is 0 Å². The van der Waals surface area contributed by atoms with Crippen molar-refractivity contribution < 1.29 is 9.53 Å². The molecule has 0 unspecified atom stereocenters. The second-order valence-corrected chi connectivity index (χ2v) is 3.79. The quantitative estimate of drug-likeness (QED) is 0.538. The third-order valence-corrected chi connectivity index (χ3v) is 2.26. The van der Waals surface area contributed by atoms with Crippen LogP contribution in [0.5, 0.6) is 0 Å². The van der Waals surface area contributed by atoms with Gasteiger partial charge in [-0.3, -0.25) is 4.79 Å². The number of carbonyl (C=O) groups excluding carboxylic acids is 1. The van der Waals surface area contributed by atoms with Gasteiger partial charge in [-0.05, 0) is 13.3 Å². The monoisotopic (exact) mass is 199 g/mol. The molecule has 72 valence electrons. The van der Waals surface area contributed by atoms with Gasteiger partial charge in [0, 0.05) is 12.0 Å². The molecule has 0 aliphatic rings. The zero-order valence-corrected chi connectivity index (χ0v) is 8.69. The number of ether oxygens (including phenoxy) is 1. The number of nitrogens with zero attached hydrogens (tertiary/aromatic N) is 1. The van der Waals surface area contributed by atoms with Gasteiger partial charge >= 0.3 is 0 Å². The molecule has 0 spiro atoms. The summed E-state index contributed by atoms with van der Waals surface area (Å²) in [5.74, 6) is -0.0298. The zero-order chi connectivity index (χ0) is 9.68. The minimum absolute atomic E-state index is 0.0298. The van der Waals surface area contributed by atoms with Crippen LogP contribution in [-0.2, 0) is 4.74 Å². The molecule has 0 saturated heterocycles. The summed E-state index contributed by atoms with van der Waals surface area (Å²) in [7, 11) is 0. The SMILES string of the molecule is CCCOCC(=O)c1csc(C)n1. The van der Waals surface area contributed by atoms with Crippen molar-refractivity contribution >= 4 is 17.1 Å². The molecule has 0 amide bonds. The lowest BCUT2D eigenvalue weighted by Gasteiger charge is -1.98. The predicted molar refractivity (Wildman–Crippen MR) is 52.3 cm³/mol. The summed E-state index contributed by atoms with van der Waals surface area (Å²) in [6, 6.07) is 0. The third-order valence-electron chi connectivity index (χ3n) is 1.49. The minimum atomic E-state index is -0.0298. The molecule has 1 aromatic rings. The normalized spacial score (nSPS) is 10.3. The smallest absolute Gasteiger partial charge is 0.207 e. The summed E-state index contributed by atoms with van der Waals surface area (Å²) in [6.45, 7) is 4.68. The molecule has 1 heterocycles. The van der Waals surface area contributed by atoms with Crippen LogP contribution in [0.15, 0.2) is 5.38 Å². The average Bonchev–Trinajstić information content (AvgIpc) is 2.52. The van der Waals surface area contributed by atoms with Crippen LogP contribution in [-0.4, -0.2) is 24.0 Å². The molecule has 0 fully saturated rings. The summed E-state index contributed by atoms with van der Waals surface area (Å²) in [5.41, 5.74) is 0.526. The van der Waals surface area contributed by atoms with Crippen molar-refractivity contribution in [3.05, 3.63) is 16.1 Å². The van der Waals surface area contributed by atoms with E-state index in [1.54, 1.807) is 5.38 Å². The first-order valence-electron chi connectivity index (χ1n) is 4.27. The molecule has 0 aliphatic heterocycles. The largest absolute Gasteiger partial charge is 0.373 e. The number of hydrogen-bond acceptors (Lipinski definition) is 4. The fraction of sp³-hybridized carbons (Fsp3) is 0.556. The molecule has 1 rings (SSSR count). The number of thiazole rings is 1. The highest BCUT2D eigenvalue weighted by Crippen LogP contribution is 2.08. The maximum absolute atomic E-state index is 11.4. The summed E-state index contributed by atoms with van der Waals surface area (Å²) in [4.78, 5) is 15.4. The van der Waals surface area contributed by atoms with Crippen LogP contribution in [0.3, 0.4) is 0 Å². The summed E-state index contributed by atoms with van der Waals surface area (Å²) in [5, 5.41) is 2.69. The maximum atomic E-state index is 11.4. The van der Waals surface area contributed by atoms with E-state index in [2.05, 4.69) is 4.98 Å². The minimum Gasteiger partial charge on any atom is -0.373 e. The molecule has 0 saturated carbocycles. The van der Waals surface area contributed by atoms with Crippen molar-refractivity contribution in [2.24, 2.45) is 0 Å². The standard InChI is InChI=1S/C9H13NO2S/c1-3-4-12-5-9(11)8-6-13-7(2)10-8/h6H,3-5H2,1-2H3. The van der Waals surface area contributed by atoms with Crippen molar-refractivity contribution in [1.82, 2.24) is 4.98 Å². The van der Waals surface area contributed by atoms with Gasteiger partial charge in [0.15, 0.2) is 0 Å². The Hall–Kier alpha value is -0.740. The molecule has 0 bridgehead atoms. The van der Waals surface area contributed by atoms with E-state index in [0.29, 0.717) is 12.3 Å². The van der Waals surface area contributed by atoms with Crippen molar-refractivity contribution in [1.29, 1.82) is 0 Å². The van der Waals surface area contributed by atoms with Gasteiger partial charge in [0.1, 0.15) is 12.3 Å². The molecule has 4 heteroatoms. The van der Waals surface area contributed by atoms with E-state index in [0.717, 1.165) is 11.4 Å². The number of carbonyl (C=O) groups is 1. The second-order valence-electron chi connectivity index (χ2n) is 2.73. The van der Waals surface area contributed by atoms with Crippen molar-refractivity contribution in [3.8, 4) is 0 Å². The van der Waals surface area contributed by atoms with Gasteiger partial charge in [-0.25, -0.2) is 4.98 Å². The van der Waals surface area contributed by atoms with Crippen LogP contribution in [0.25, 0.3) is 0 Å². The lowest BCUT2D eigenvalue weighted by molar-refractivity contribution is 0.0757.